The summed E-state index contributed by atoms with van der Waals surface area (Å²) in [6.07, 6.45) is 4.02. The summed E-state index contributed by atoms with van der Waals surface area (Å²) in [5.41, 5.74) is 9.06. The number of nitrogens with two attached hydrogens (primary N) is 1. The number of aliphatic hydroxyl groups is 1. The van der Waals surface area contributed by atoms with Crippen LogP contribution in [-0.2, 0) is 16.1 Å². The molecule has 0 saturated heterocycles. The SMILES string of the molecule is C#CC#Cc1c(C(=O)N[C@H](C(=O)NO)[C@@H](C)O)ccc(CNC(=O)CN)c1-c1ccccc1. The molecule has 0 bridgehead atoms. The molecular weight excluding hydrogens is 424 g/mol. The smallest absolute Gasteiger partial charge is 0.268 e. The van der Waals surface area contributed by atoms with Crippen LogP contribution in [0.5, 0.6) is 0 Å². The number of terminal acetylenes is 1. The molecule has 2 aromatic carbocycles. The second-order valence-corrected chi connectivity index (χ2v) is 6.93. The summed E-state index contributed by atoms with van der Waals surface area (Å²) in [5, 5.41) is 23.8. The zero-order valence-electron chi connectivity index (χ0n) is 17.9. The summed E-state index contributed by atoms with van der Waals surface area (Å²) >= 11 is 0. The van der Waals surface area contributed by atoms with Crippen LogP contribution < -0.4 is 21.8 Å². The van der Waals surface area contributed by atoms with Crippen molar-refractivity contribution in [2.45, 2.75) is 25.6 Å². The molecule has 0 aliphatic carbocycles. The van der Waals surface area contributed by atoms with Gasteiger partial charge < -0.3 is 21.5 Å². The van der Waals surface area contributed by atoms with E-state index >= 15 is 0 Å². The summed E-state index contributed by atoms with van der Waals surface area (Å²) in [4.78, 5) is 36.6. The molecule has 2 atom stereocenters. The lowest BCUT2D eigenvalue weighted by Crippen LogP contribution is -2.51. The van der Waals surface area contributed by atoms with Crippen molar-refractivity contribution in [3.8, 4) is 35.3 Å². The summed E-state index contributed by atoms with van der Waals surface area (Å²) in [6, 6.07) is 10.7. The van der Waals surface area contributed by atoms with Gasteiger partial charge in [0.05, 0.1) is 18.2 Å². The Morgan fingerprint density at radius 1 is 1.15 bits per heavy atom. The van der Waals surface area contributed by atoms with Crippen LogP contribution in [0.4, 0.5) is 0 Å². The molecule has 170 valence electrons. The average Bonchev–Trinajstić information content (AvgIpc) is 2.83. The first-order chi connectivity index (χ1) is 15.8. The summed E-state index contributed by atoms with van der Waals surface area (Å²) in [7, 11) is 0. The van der Waals surface area contributed by atoms with E-state index in [-0.39, 0.29) is 30.1 Å². The van der Waals surface area contributed by atoms with E-state index in [9.17, 15) is 19.5 Å². The van der Waals surface area contributed by atoms with E-state index in [0.29, 0.717) is 16.7 Å². The number of aliphatic hydroxyl groups excluding tert-OH is 1. The number of carbonyl (C=O) groups is 3. The number of amides is 3. The van der Waals surface area contributed by atoms with E-state index < -0.39 is 24.0 Å². The number of benzene rings is 2. The molecule has 7 N–H and O–H groups in total. The molecule has 0 unspecified atom stereocenters. The molecular formula is C24H24N4O5. The Morgan fingerprint density at radius 2 is 1.85 bits per heavy atom. The van der Waals surface area contributed by atoms with Gasteiger partial charge in [0.1, 0.15) is 6.04 Å². The molecule has 0 radical (unpaired) electrons. The van der Waals surface area contributed by atoms with Gasteiger partial charge in [-0.2, -0.15) is 0 Å². The van der Waals surface area contributed by atoms with E-state index in [1.54, 1.807) is 18.2 Å². The maximum Gasteiger partial charge on any atom is 0.268 e. The van der Waals surface area contributed by atoms with Crippen LogP contribution >= 0.6 is 0 Å². The zero-order valence-corrected chi connectivity index (χ0v) is 17.9. The molecule has 0 aromatic heterocycles. The topological polar surface area (TPSA) is 154 Å². The number of rotatable bonds is 8. The van der Waals surface area contributed by atoms with Gasteiger partial charge in [0.2, 0.25) is 5.91 Å². The van der Waals surface area contributed by atoms with Crippen molar-refractivity contribution in [3.63, 3.8) is 0 Å². The molecule has 2 rings (SSSR count). The van der Waals surface area contributed by atoms with Crippen molar-refractivity contribution in [1.29, 1.82) is 0 Å². The van der Waals surface area contributed by atoms with E-state index in [1.165, 1.54) is 18.5 Å². The number of hydrogen-bond acceptors (Lipinski definition) is 6. The quantitative estimate of drug-likeness (QED) is 0.188. The van der Waals surface area contributed by atoms with Gasteiger partial charge in [0.15, 0.2) is 0 Å². The average molecular weight is 448 g/mol. The van der Waals surface area contributed by atoms with Gasteiger partial charge in [-0.15, -0.1) is 6.42 Å². The van der Waals surface area contributed by atoms with Crippen molar-refractivity contribution >= 4 is 17.7 Å². The summed E-state index contributed by atoms with van der Waals surface area (Å²) in [6.45, 7) is 1.23. The predicted octanol–water partition coefficient (Wildman–Crippen LogP) is -0.102. The lowest BCUT2D eigenvalue weighted by atomic mass is 9.90. The van der Waals surface area contributed by atoms with Crippen LogP contribution in [0.1, 0.15) is 28.4 Å². The maximum absolute atomic E-state index is 13.1. The lowest BCUT2D eigenvalue weighted by Gasteiger charge is -2.21. The highest BCUT2D eigenvalue weighted by atomic mass is 16.5. The number of hydroxylamine groups is 1. The van der Waals surface area contributed by atoms with E-state index in [0.717, 1.165) is 0 Å². The molecule has 0 aliphatic rings. The summed E-state index contributed by atoms with van der Waals surface area (Å²) in [5.74, 6) is 5.45. The normalized spacial score (nSPS) is 11.7. The van der Waals surface area contributed by atoms with Crippen molar-refractivity contribution in [1.82, 2.24) is 16.1 Å². The van der Waals surface area contributed by atoms with Crippen LogP contribution in [0.25, 0.3) is 11.1 Å². The van der Waals surface area contributed by atoms with Gasteiger partial charge in [-0.05, 0) is 36.0 Å². The van der Waals surface area contributed by atoms with Gasteiger partial charge in [-0.1, -0.05) is 42.3 Å². The zero-order chi connectivity index (χ0) is 24.4. The van der Waals surface area contributed by atoms with Crippen LogP contribution in [0, 0.1) is 24.2 Å². The van der Waals surface area contributed by atoms with Gasteiger partial charge in [-0.25, -0.2) is 5.48 Å². The third kappa shape index (κ3) is 6.42. The van der Waals surface area contributed by atoms with Crippen LogP contribution in [0.15, 0.2) is 42.5 Å². The fourth-order valence-corrected chi connectivity index (χ4v) is 3.11. The van der Waals surface area contributed by atoms with E-state index in [2.05, 4.69) is 28.4 Å². The maximum atomic E-state index is 13.1. The molecule has 9 nitrogen and oxygen atoms in total. The van der Waals surface area contributed by atoms with Gasteiger partial charge in [-0.3, -0.25) is 19.6 Å². The molecule has 0 spiro atoms. The predicted molar refractivity (Wildman–Crippen MR) is 121 cm³/mol. The molecule has 2 aromatic rings. The first-order valence-corrected chi connectivity index (χ1v) is 9.91. The standard InChI is InChI=1S/C24H24N4O5/c1-3-4-10-18-19(23(31)27-22(15(2)29)24(32)28-33)12-11-17(14-26-20(30)13-25)21(18)16-8-6-5-7-9-16/h1,5-9,11-12,15,22,29,33H,13-14,25H2,2H3,(H,26,30)(H,27,31)(H,28,32)/t15-,22+/m1/s1. The number of nitrogens with one attached hydrogen (secondary N) is 3. The second-order valence-electron chi connectivity index (χ2n) is 6.93. The molecule has 9 heteroatoms. The number of hydrogen-bond donors (Lipinski definition) is 6. The Labute approximate surface area is 191 Å². The van der Waals surface area contributed by atoms with Crippen molar-refractivity contribution in [2.75, 3.05) is 6.54 Å². The fraction of sp³-hybridized carbons (Fsp3) is 0.208. The second kappa shape index (κ2) is 12.0. The highest BCUT2D eigenvalue weighted by molar-refractivity contribution is 6.02. The van der Waals surface area contributed by atoms with Crippen LogP contribution in [0.2, 0.25) is 0 Å². The minimum Gasteiger partial charge on any atom is -0.391 e. The number of carbonyl (C=O) groups excluding carboxylic acids is 3. The molecule has 33 heavy (non-hydrogen) atoms. The molecule has 0 heterocycles. The first kappa shape index (κ1) is 25.1. The molecule has 0 fully saturated rings. The Kier molecular flexibility index (Phi) is 9.16. The largest absolute Gasteiger partial charge is 0.391 e. The Morgan fingerprint density at radius 3 is 2.42 bits per heavy atom. The first-order valence-electron chi connectivity index (χ1n) is 9.91. The Bertz CT molecular complexity index is 1130. The minimum atomic E-state index is -1.42. The Balaban J connectivity index is 2.66. The molecule has 0 aliphatic heterocycles. The van der Waals surface area contributed by atoms with Crippen molar-refractivity contribution < 1.29 is 24.7 Å². The van der Waals surface area contributed by atoms with Crippen LogP contribution in [0.3, 0.4) is 0 Å². The van der Waals surface area contributed by atoms with E-state index in [4.69, 9.17) is 17.4 Å². The Hall–Kier alpha value is -4.15. The van der Waals surface area contributed by atoms with Gasteiger partial charge >= 0.3 is 0 Å². The molecule has 3 amide bonds. The van der Waals surface area contributed by atoms with E-state index in [1.807, 2.05) is 18.2 Å². The monoisotopic (exact) mass is 448 g/mol. The van der Waals surface area contributed by atoms with Crippen LogP contribution in [-0.4, -0.2) is 46.7 Å². The van der Waals surface area contributed by atoms with Crippen molar-refractivity contribution in [2.24, 2.45) is 5.73 Å². The fourth-order valence-electron chi connectivity index (χ4n) is 3.11. The minimum absolute atomic E-state index is 0.0851. The summed E-state index contributed by atoms with van der Waals surface area (Å²) < 4.78 is 0. The van der Waals surface area contributed by atoms with Crippen molar-refractivity contribution in [3.05, 3.63) is 59.2 Å². The third-order valence-electron chi connectivity index (χ3n) is 4.68. The highest BCUT2D eigenvalue weighted by Crippen LogP contribution is 2.30. The highest BCUT2D eigenvalue weighted by Gasteiger charge is 2.27. The van der Waals surface area contributed by atoms with Gasteiger partial charge in [0, 0.05) is 17.7 Å². The third-order valence-corrected chi connectivity index (χ3v) is 4.68. The lowest BCUT2D eigenvalue weighted by molar-refractivity contribution is -0.133. The molecule has 0 saturated carbocycles. The van der Waals surface area contributed by atoms with Gasteiger partial charge in [0.25, 0.3) is 11.8 Å².